The minimum absolute atomic E-state index is 0.117. The summed E-state index contributed by atoms with van der Waals surface area (Å²) in [5.74, 6) is 1.21. The van der Waals surface area contributed by atoms with Crippen molar-refractivity contribution in [3.63, 3.8) is 0 Å². The second-order valence-electron chi connectivity index (χ2n) is 7.63. The zero-order chi connectivity index (χ0) is 15.9. The predicted molar refractivity (Wildman–Crippen MR) is 92.3 cm³/mol. The molecule has 124 valence electrons. The Kier molecular flexibility index (Phi) is 4.10. The molecule has 2 saturated heterocycles. The highest BCUT2D eigenvalue weighted by molar-refractivity contribution is 6.31. The lowest BCUT2D eigenvalue weighted by atomic mass is 9.78. The third-order valence-electron chi connectivity index (χ3n) is 5.78. The van der Waals surface area contributed by atoms with E-state index in [4.69, 9.17) is 11.6 Å². The maximum absolute atomic E-state index is 13.1. The highest BCUT2D eigenvalue weighted by atomic mass is 35.5. The molecule has 4 heteroatoms. The minimum atomic E-state index is -0.117. The highest BCUT2D eigenvalue weighted by Gasteiger charge is 2.48. The van der Waals surface area contributed by atoms with Gasteiger partial charge < -0.3 is 4.90 Å². The fraction of sp³-hybridized carbons (Fsp3) is 0.632. The lowest BCUT2D eigenvalue weighted by Gasteiger charge is -2.39. The topological polar surface area (TPSA) is 23.6 Å². The summed E-state index contributed by atoms with van der Waals surface area (Å²) >= 11 is 6.29. The van der Waals surface area contributed by atoms with E-state index < -0.39 is 0 Å². The first-order valence-corrected chi connectivity index (χ1v) is 9.29. The van der Waals surface area contributed by atoms with E-state index in [2.05, 4.69) is 15.9 Å². The van der Waals surface area contributed by atoms with Crippen LogP contribution in [-0.2, 0) is 11.3 Å². The average molecular weight is 333 g/mol. The minimum Gasteiger partial charge on any atom is -0.342 e. The Labute approximate surface area is 143 Å². The summed E-state index contributed by atoms with van der Waals surface area (Å²) in [6, 6.07) is 8.05. The number of carbonyl (C=O) groups is 1. The smallest absolute Gasteiger partial charge is 0.230 e. The monoisotopic (exact) mass is 332 g/mol. The van der Waals surface area contributed by atoms with Gasteiger partial charge in [-0.05, 0) is 56.2 Å². The largest absolute Gasteiger partial charge is 0.342 e. The van der Waals surface area contributed by atoms with Gasteiger partial charge in [0.15, 0.2) is 0 Å². The molecule has 4 rings (SSSR count). The Hall–Kier alpha value is -1.06. The molecule has 0 N–H and O–H groups in total. The van der Waals surface area contributed by atoms with Crippen LogP contribution in [0.15, 0.2) is 24.3 Å². The third kappa shape index (κ3) is 3.14. The second-order valence-corrected chi connectivity index (χ2v) is 8.04. The molecule has 0 bridgehead atoms. The Morgan fingerprint density at radius 3 is 2.78 bits per heavy atom. The number of likely N-dealkylation sites (tertiary alicyclic amines) is 2. The lowest BCUT2D eigenvalue weighted by Crippen LogP contribution is -2.50. The summed E-state index contributed by atoms with van der Waals surface area (Å²) in [5.41, 5.74) is 1.05. The van der Waals surface area contributed by atoms with Crippen LogP contribution < -0.4 is 0 Å². The zero-order valence-corrected chi connectivity index (χ0v) is 14.4. The molecule has 1 aliphatic carbocycles. The van der Waals surface area contributed by atoms with Crippen molar-refractivity contribution in [2.45, 2.75) is 38.6 Å². The molecule has 23 heavy (non-hydrogen) atoms. The van der Waals surface area contributed by atoms with Crippen LogP contribution in [0.3, 0.4) is 0 Å². The van der Waals surface area contributed by atoms with Gasteiger partial charge in [-0.3, -0.25) is 9.69 Å². The summed E-state index contributed by atoms with van der Waals surface area (Å²) < 4.78 is 0. The van der Waals surface area contributed by atoms with Crippen molar-refractivity contribution >= 4 is 17.5 Å². The highest BCUT2D eigenvalue weighted by Crippen LogP contribution is 2.42. The van der Waals surface area contributed by atoms with E-state index >= 15 is 0 Å². The summed E-state index contributed by atoms with van der Waals surface area (Å²) in [4.78, 5) is 17.6. The van der Waals surface area contributed by atoms with Crippen molar-refractivity contribution in [3.05, 3.63) is 34.9 Å². The number of amides is 1. The Morgan fingerprint density at radius 2 is 2.00 bits per heavy atom. The molecular formula is C19H25ClN2O. The molecule has 3 nitrogen and oxygen atoms in total. The normalized spacial score (nSPS) is 28.7. The Bertz CT molecular complexity index is 601. The number of halogens is 1. The molecule has 1 spiro atoms. The van der Waals surface area contributed by atoms with Crippen molar-refractivity contribution in [2.24, 2.45) is 11.3 Å². The maximum Gasteiger partial charge on any atom is 0.230 e. The maximum atomic E-state index is 13.1. The van der Waals surface area contributed by atoms with Crippen LogP contribution in [-0.4, -0.2) is 41.9 Å². The van der Waals surface area contributed by atoms with Crippen LogP contribution in [0.2, 0.25) is 5.02 Å². The molecule has 1 amide bonds. The molecule has 1 saturated carbocycles. The van der Waals surface area contributed by atoms with E-state index in [0.717, 1.165) is 56.5 Å². The number of carbonyl (C=O) groups excluding carboxylic acids is 1. The van der Waals surface area contributed by atoms with E-state index in [-0.39, 0.29) is 5.41 Å². The first kappa shape index (κ1) is 15.5. The molecule has 3 fully saturated rings. The van der Waals surface area contributed by atoms with Gasteiger partial charge in [-0.15, -0.1) is 0 Å². The van der Waals surface area contributed by atoms with Gasteiger partial charge in [-0.2, -0.15) is 0 Å². The zero-order valence-electron chi connectivity index (χ0n) is 13.6. The molecule has 1 aromatic carbocycles. The fourth-order valence-corrected chi connectivity index (χ4v) is 4.47. The second kappa shape index (κ2) is 6.10. The molecule has 1 aromatic rings. The number of nitrogens with zero attached hydrogens (tertiary/aromatic N) is 2. The average Bonchev–Trinajstić information content (AvgIpc) is 3.27. The van der Waals surface area contributed by atoms with E-state index in [1.165, 1.54) is 24.8 Å². The number of piperidine rings is 1. The van der Waals surface area contributed by atoms with Gasteiger partial charge in [0, 0.05) is 31.2 Å². The van der Waals surface area contributed by atoms with Crippen LogP contribution in [0.4, 0.5) is 0 Å². The van der Waals surface area contributed by atoms with Gasteiger partial charge in [-0.25, -0.2) is 0 Å². The van der Waals surface area contributed by atoms with Crippen LogP contribution in [0.1, 0.15) is 37.7 Å². The van der Waals surface area contributed by atoms with Crippen LogP contribution in [0.5, 0.6) is 0 Å². The summed E-state index contributed by atoms with van der Waals surface area (Å²) in [7, 11) is 0. The number of rotatable bonds is 4. The van der Waals surface area contributed by atoms with Gasteiger partial charge in [0.05, 0.1) is 5.41 Å². The Balaban J connectivity index is 1.43. The molecule has 0 radical (unpaired) electrons. The van der Waals surface area contributed by atoms with Crippen molar-refractivity contribution in [1.82, 2.24) is 9.80 Å². The van der Waals surface area contributed by atoms with Crippen molar-refractivity contribution in [3.8, 4) is 0 Å². The van der Waals surface area contributed by atoms with Crippen molar-refractivity contribution in [1.29, 1.82) is 0 Å². The number of hydrogen-bond acceptors (Lipinski definition) is 2. The summed E-state index contributed by atoms with van der Waals surface area (Å²) in [5, 5.41) is 0.832. The molecule has 2 heterocycles. The molecule has 1 atom stereocenters. The summed E-state index contributed by atoms with van der Waals surface area (Å²) in [6.45, 7) is 4.75. The van der Waals surface area contributed by atoms with Gasteiger partial charge in [-0.1, -0.05) is 29.8 Å². The molecule has 3 aliphatic rings. The number of hydrogen-bond donors (Lipinski definition) is 0. The molecular weight excluding hydrogens is 308 g/mol. The molecule has 0 aromatic heterocycles. The van der Waals surface area contributed by atoms with Crippen LogP contribution in [0, 0.1) is 11.3 Å². The van der Waals surface area contributed by atoms with Crippen LogP contribution in [0.25, 0.3) is 0 Å². The number of benzene rings is 1. The van der Waals surface area contributed by atoms with E-state index in [9.17, 15) is 4.79 Å². The SMILES string of the molecule is O=C1N(CC2CC2)CCCC12CCN(Cc1ccccc1Cl)C2. The van der Waals surface area contributed by atoms with Gasteiger partial charge in [0.2, 0.25) is 5.91 Å². The molecule has 2 aliphatic heterocycles. The first-order valence-electron chi connectivity index (χ1n) is 8.91. The first-order chi connectivity index (χ1) is 11.2. The third-order valence-corrected chi connectivity index (χ3v) is 6.15. The van der Waals surface area contributed by atoms with Crippen molar-refractivity contribution < 1.29 is 4.79 Å². The Morgan fingerprint density at radius 1 is 1.17 bits per heavy atom. The van der Waals surface area contributed by atoms with Gasteiger partial charge in [0.25, 0.3) is 0 Å². The fourth-order valence-electron chi connectivity index (χ4n) is 4.28. The van der Waals surface area contributed by atoms with Crippen molar-refractivity contribution in [2.75, 3.05) is 26.2 Å². The van der Waals surface area contributed by atoms with Gasteiger partial charge >= 0.3 is 0 Å². The van der Waals surface area contributed by atoms with E-state index in [1.54, 1.807) is 0 Å². The lowest BCUT2D eigenvalue weighted by molar-refractivity contribution is -0.145. The standard InChI is InChI=1S/C19H25ClN2O/c20-17-5-2-1-4-16(17)13-21-11-9-19(14-21)8-3-10-22(18(19)23)12-15-6-7-15/h1-2,4-5,15H,3,6-14H2. The van der Waals surface area contributed by atoms with E-state index in [1.807, 2.05) is 18.2 Å². The summed E-state index contributed by atoms with van der Waals surface area (Å²) in [6.07, 6.45) is 5.87. The molecule has 1 unspecified atom stereocenters. The van der Waals surface area contributed by atoms with Crippen LogP contribution >= 0.6 is 11.6 Å². The van der Waals surface area contributed by atoms with Gasteiger partial charge in [0.1, 0.15) is 0 Å². The predicted octanol–water partition coefficient (Wildman–Crippen LogP) is 3.56. The quantitative estimate of drug-likeness (QED) is 0.841. The van der Waals surface area contributed by atoms with E-state index in [0.29, 0.717) is 5.91 Å².